The van der Waals surface area contributed by atoms with E-state index in [0.717, 1.165) is 5.56 Å². The summed E-state index contributed by atoms with van der Waals surface area (Å²) in [6.45, 7) is 0. The van der Waals surface area contributed by atoms with Gasteiger partial charge in [-0.15, -0.1) is 0 Å². The molecule has 2 heterocycles. The van der Waals surface area contributed by atoms with E-state index in [4.69, 9.17) is 13.9 Å². The Morgan fingerprint density at radius 2 is 1.96 bits per heavy atom. The molecule has 1 atom stereocenters. The highest BCUT2D eigenvalue weighted by molar-refractivity contribution is 5.91. The van der Waals surface area contributed by atoms with Gasteiger partial charge in [0.2, 0.25) is 0 Å². The van der Waals surface area contributed by atoms with Gasteiger partial charge in [-0.05, 0) is 29.8 Å². The zero-order valence-electron chi connectivity index (χ0n) is 14.2. The quantitative estimate of drug-likeness (QED) is 0.745. The van der Waals surface area contributed by atoms with Crippen molar-refractivity contribution in [1.29, 1.82) is 0 Å². The fourth-order valence-electron chi connectivity index (χ4n) is 2.56. The number of amides is 1. The lowest BCUT2D eigenvalue weighted by Crippen LogP contribution is -2.30. The first kappa shape index (κ1) is 16.6. The standard InChI is InChI=1S/C18H19N3O4/c1-21-7-6-19-17(21)16(20-18(22)15-5-4-8-25-15)12-9-13(23-2)11-14(10-12)24-3/h4-11,16H,1-3H3,(H,20,22)/t16-/m0/s1. The number of hydrogen-bond acceptors (Lipinski definition) is 5. The maximum absolute atomic E-state index is 12.5. The minimum atomic E-state index is -0.499. The van der Waals surface area contributed by atoms with Crippen molar-refractivity contribution in [2.45, 2.75) is 6.04 Å². The summed E-state index contributed by atoms with van der Waals surface area (Å²) in [5.74, 6) is 1.82. The van der Waals surface area contributed by atoms with Crippen molar-refractivity contribution in [3.05, 3.63) is 66.1 Å². The van der Waals surface area contributed by atoms with Gasteiger partial charge in [-0.25, -0.2) is 4.98 Å². The molecule has 0 fully saturated rings. The Hall–Kier alpha value is -3.22. The number of aromatic nitrogens is 2. The molecule has 0 bridgehead atoms. The SMILES string of the molecule is COc1cc(OC)cc([C@H](NC(=O)c2ccco2)c2nccn2C)c1. The Kier molecular flexibility index (Phi) is 4.74. The van der Waals surface area contributed by atoms with Crippen LogP contribution in [0.2, 0.25) is 0 Å². The molecule has 0 saturated carbocycles. The molecule has 3 aromatic rings. The first-order valence-electron chi connectivity index (χ1n) is 7.67. The molecule has 0 aliphatic rings. The molecular formula is C18H19N3O4. The highest BCUT2D eigenvalue weighted by atomic mass is 16.5. The van der Waals surface area contributed by atoms with Gasteiger partial charge in [0.1, 0.15) is 23.4 Å². The lowest BCUT2D eigenvalue weighted by atomic mass is 10.0. The van der Waals surface area contributed by atoms with Crippen LogP contribution in [0.15, 0.2) is 53.4 Å². The van der Waals surface area contributed by atoms with Gasteiger partial charge in [-0.3, -0.25) is 4.79 Å². The Bertz CT molecular complexity index is 833. The van der Waals surface area contributed by atoms with Crippen molar-refractivity contribution < 1.29 is 18.7 Å². The summed E-state index contributed by atoms with van der Waals surface area (Å²) in [7, 11) is 5.03. The molecule has 0 aliphatic heterocycles. The largest absolute Gasteiger partial charge is 0.497 e. The zero-order valence-corrected chi connectivity index (χ0v) is 14.2. The molecule has 1 amide bonds. The van der Waals surface area contributed by atoms with E-state index in [0.29, 0.717) is 17.3 Å². The molecule has 7 nitrogen and oxygen atoms in total. The topological polar surface area (TPSA) is 78.5 Å². The predicted octanol–water partition coefficient (Wildman–Crippen LogP) is 2.55. The van der Waals surface area contributed by atoms with Crippen LogP contribution >= 0.6 is 0 Å². The summed E-state index contributed by atoms with van der Waals surface area (Å²) in [5, 5.41) is 2.95. The second kappa shape index (κ2) is 7.12. The molecule has 130 valence electrons. The van der Waals surface area contributed by atoms with Crippen LogP contribution < -0.4 is 14.8 Å². The fourth-order valence-corrected chi connectivity index (χ4v) is 2.56. The molecule has 0 radical (unpaired) electrons. The smallest absolute Gasteiger partial charge is 0.287 e. The lowest BCUT2D eigenvalue weighted by Gasteiger charge is -2.20. The molecule has 1 N–H and O–H groups in total. The maximum atomic E-state index is 12.5. The number of hydrogen-bond donors (Lipinski definition) is 1. The van der Waals surface area contributed by atoms with Crippen LogP contribution in [0.1, 0.15) is 28.0 Å². The normalized spacial score (nSPS) is 11.8. The van der Waals surface area contributed by atoms with Crippen LogP contribution in [0, 0.1) is 0 Å². The first-order valence-corrected chi connectivity index (χ1v) is 7.67. The van der Waals surface area contributed by atoms with E-state index in [-0.39, 0.29) is 11.7 Å². The fraction of sp³-hybridized carbons (Fsp3) is 0.222. The van der Waals surface area contributed by atoms with Gasteiger partial charge in [-0.2, -0.15) is 0 Å². The van der Waals surface area contributed by atoms with Gasteiger partial charge in [-0.1, -0.05) is 0 Å². The number of nitrogens with zero attached hydrogens (tertiary/aromatic N) is 2. The molecule has 0 spiro atoms. The molecular weight excluding hydrogens is 322 g/mol. The number of rotatable bonds is 6. The van der Waals surface area contributed by atoms with E-state index in [1.807, 2.05) is 29.9 Å². The number of carbonyl (C=O) groups is 1. The van der Waals surface area contributed by atoms with E-state index in [1.165, 1.54) is 6.26 Å². The third kappa shape index (κ3) is 3.50. The van der Waals surface area contributed by atoms with Crippen molar-refractivity contribution in [1.82, 2.24) is 14.9 Å². The highest BCUT2D eigenvalue weighted by Gasteiger charge is 2.23. The van der Waals surface area contributed by atoms with Gasteiger partial charge in [0, 0.05) is 25.5 Å². The average Bonchev–Trinajstić information content (AvgIpc) is 3.31. The molecule has 25 heavy (non-hydrogen) atoms. The van der Waals surface area contributed by atoms with E-state index in [1.54, 1.807) is 38.6 Å². The second-order valence-corrected chi connectivity index (χ2v) is 5.43. The number of imidazole rings is 1. The monoisotopic (exact) mass is 341 g/mol. The third-order valence-corrected chi connectivity index (χ3v) is 3.84. The van der Waals surface area contributed by atoms with Crippen molar-refractivity contribution in [3.63, 3.8) is 0 Å². The molecule has 0 unspecified atom stereocenters. The van der Waals surface area contributed by atoms with Crippen LogP contribution in [-0.2, 0) is 7.05 Å². The van der Waals surface area contributed by atoms with Gasteiger partial charge in [0.05, 0.1) is 20.5 Å². The molecule has 2 aromatic heterocycles. The van der Waals surface area contributed by atoms with Crippen LogP contribution in [0.4, 0.5) is 0 Å². The van der Waals surface area contributed by atoms with Gasteiger partial charge in [0.25, 0.3) is 5.91 Å². The Balaban J connectivity index is 2.02. The number of aryl methyl sites for hydroxylation is 1. The van der Waals surface area contributed by atoms with Crippen molar-refractivity contribution >= 4 is 5.91 Å². The summed E-state index contributed by atoms with van der Waals surface area (Å²) in [5.41, 5.74) is 0.783. The minimum absolute atomic E-state index is 0.231. The van der Waals surface area contributed by atoms with Gasteiger partial charge < -0.3 is 23.8 Å². The number of methoxy groups -OCH3 is 2. The number of nitrogens with one attached hydrogen (secondary N) is 1. The van der Waals surface area contributed by atoms with Gasteiger partial charge in [0.15, 0.2) is 5.76 Å². The van der Waals surface area contributed by atoms with Crippen molar-refractivity contribution in [2.75, 3.05) is 14.2 Å². The van der Waals surface area contributed by atoms with Crippen molar-refractivity contribution in [2.24, 2.45) is 7.05 Å². The Labute approximate surface area is 145 Å². The van der Waals surface area contributed by atoms with E-state index < -0.39 is 6.04 Å². The minimum Gasteiger partial charge on any atom is -0.497 e. The van der Waals surface area contributed by atoms with Crippen LogP contribution in [0.25, 0.3) is 0 Å². The second-order valence-electron chi connectivity index (χ2n) is 5.43. The van der Waals surface area contributed by atoms with Gasteiger partial charge >= 0.3 is 0 Å². The summed E-state index contributed by atoms with van der Waals surface area (Å²) < 4.78 is 17.7. The maximum Gasteiger partial charge on any atom is 0.287 e. The van der Waals surface area contributed by atoms with Crippen LogP contribution in [0.5, 0.6) is 11.5 Å². The third-order valence-electron chi connectivity index (χ3n) is 3.84. The first-order chi connectivity index (χ1) is 12.1. The van der Waals surface area contributed by atoms with E-state index in [2.05, 4.69) is 10.3 Å². The predicted molar refractivity (Wildman–Crippen MR) is 90.8 cm³/mol. The molecule has 7 heteroatoms. The zero-order chi connectivity index (χ0) is 17.8. The average molecular weight is 341 g/mol. The molecule has 1 aromatic carbocycles. The summed E-state index contributed by atoms with van der Waals surface area (Å²) in [4.78, 5) is 16.9. The number of benzene rings is 1. The summed E-state index contributed by atoms with van der Waals surface area (Å²) in [6, 6.07) is 8.22. The van der Waals surface area contributed by atoms with E-state index >= 15 is 0 Å². The molecule has 0 saturated heterocycles. The number of furan rings is 1. The number of carbonyl (C=O) groups excluding carboxylic acids is 1. The Morgan fingerprint density at radius 3 is 2.48 bits per heavy atom. The highest BCUT2D eigenvalue weighted by Crippen LogP contribution is 2.29. The van der Waals surface area contributed by atoms with Crippen LogP contribution in [-0.4, -0.2) is 29.7 Å². The summed E-state index contributed by atoms with van der Waals surface area (Å²) >= 11 is 0. The van der Waals surface area contributed by atoms with E-state index in [9.17, 15) is 4.79 Å². The molecule has 0 aliphatic carbocycles. The number of ether oxygens (including phenoxy) is 2. The molecule has 3 rings (SSSR count). The summed E-state index contributed by atoms with van der Waals surface area (Å²) in [6.07, 6.45) is 4.96. The lowest BCUT2D eigenvalue weighted by molar-refractivity contribution is 0.0913. The van der Waals surface area contributed by atoms with Crippen LogP contribution in [0.3, 0.4) is 0 Å². The Morgan fingerprint density at radius 1 is 1.24 bits per heavy atom. The van der Waals surface area contributed by atoms with Crippen molar-refractivity contribution in [3.8, 4) is 11.5 Å².